The predicted octanol–water partition coefficient (Wildman–Crippen LogP) is 3.53. The van der Waals surface area contributed by atoms with E-state index in [1.165, 1.54) is 32.1 Å². The van der Waals surface area contributed by atoms with Crippen LogP contribution in [-0.2, 0) is 4.79 Å². The van der Waals surface area contributed by atoms with Crippen molar-refractivity contribution in [3.05, 3.63) is 0 Å². The van der Waals surface area contributed by atoms with Crippen molar-refractivity contribution in [2.45, 2.75) is 50.3 Å². The maximum atomic E-state index is 11.2. The van der Waals surface area contributed by atoms with Gasteiger partial charge in [0.2, 0.25) is 0 Å². The Morgan fingerprint density at radius 1 is 1.18 bits per heavy atom. The van der Waals surface area contributed by atoms with E-state index in [-0.39, 0.29) is 0 Å². The number of hydrogen-bond acceptors (Lipinski definition) is 1. The van der Waals surface area contributed by atoms with Gasteiger partial charge in [-0.3, -0.25) is 4.79 Å². The lowest BCUT2D eigenvalue weighted by molar-refractivity contribution is -0.141. The van der Waals surface area contributed by atoms with Crippen LogP contribution in [0.2, 0.25) is 0 Å². The fourth-order valence-electron chi connectivity index (χ4n) is 4.90. The molecule has 0 aromatic heterocycles. The van der Waals surface area contributed by atoms with Crippen molar-refractivity contribution < 1.29 is 9.90 Å². The van der Waals surface area contributed by atoms with Gasteiger partial charge in [-0.2, -0.15) is 0 Å². The lowest BCUT2D eigenvalue weighted by Gasteiger charge is -2.55. The highest BCUT2D eigenvalue weighted by Gasteiger charge is 2.50. The van der Waals surface area contributed by atoms with Crippen LogP contribution >= 0.6 is 11.6 Å². The van der Waals surface area contributed by atoms with Crippen LogP contribution in [0, 0.1) is 29.6 Å². The van der Waals surface area contributed by atoms with Crippen LogP contribution in [-0.4, -0.2) is 16.0 Å². The Morgan fingerprint density at radius 3 is 2.06 bits per heavy atom. The molecule has 0 aromatic carbocycles. The average Bonchev–Trinajstić information content (AvgIpc) is 2.22. The highest BCUT2D eigenvalue weighted by molar-refractivity contribution is 6.33. The number of carboxylic acid groups (broad SMARTS) is 1. The monoisotopic (exact) mass is 256 g/mol. The second kappa shape index (κ2) is 3.88. The molecule has 1 N–H and O–H groups in total. The minimum Gasteiger partial charge on any atom is -0.480 e. The molecule has 0 spiro atoms. The minimum absolute atomic E-state index is 0.571. The van der Waals surface area contributed by atoms with Crippen molar-refractivity contribution >= 4 is 17.6 Å². The summed E-state index contributed by atoms with van der Waals surface area (Å²) in [7, 11) is 0. The topological polar surface area (TPSA) is 37.3 Å². The van der Waals surface area contributed by atoms with Gasteiger partial charge >= 0.3 is 5.97 Å². The van der Waals surface area contributed by atoms with Crippen molar-refractivity contribution in [2.24, 2.45) is 29.6 Å². The molecule has 3 heteroatoms. The van der Waals surface area contributed by atoms with E-state index in [0.29, 0.717) is 12.3 Å². The van der Waals surface area contributed by atoms with E-state index in [0.717, 1.165) is 23.7 Å². The third-order valence-corrected chi connectivity index (χ3v) is 5.80. The highest BCUT2D eigenvalue weighted by atomic mass is 35.5. The summed E-state index contributed by atoms with van der Waals surface area (Å²) in [4.78, 5) is 10.1. The summed E-state index contributed by atoms with van der Waals surface area (Å²) < 4.78 is 0. The van der Waals surface area contributed by atoms with Crippen LogP contribution in [0.15, 0.2) is 0 Å². The number of rotatable bonds is 3. The quantitative estimate of drug-likeness (QED) is 0.785. The predicted molar refractivity (Wildman–Crippen MR) is 67.0 cm³/mol. The lowest BCUT2D eigenvalue weighted by atomic mass is 9.51. The molecule has 0 aliphatic heterocycles. The van der Waals surface area contributed by atoms with E-state index in [9.17, 15) is 4.79 Å². The first kappa shape index (κ1) is 11.8. The second-order valence-corrected chi connectivity index (χ2v) is 7.64. The van der Waals surface area contributed by atoms with Gasteiger partial charge in [0.1, 0.15) is 4.87 Å². The number of hydrogen-bond donors (Lipinski definition) is 1. The maximum Gasteiger partial charge on any atom is 0.324 e. The molecule has 1 unspecified atom stereocenters. The van der Waals surface area contributed by atoms with Gasteiger partial charge in [-0.15, -0.1) is 11.6 Å². The van der Waals surface area contributed by atoms with Gasteiger partial charge in [0, 0.05) is 0 Å². The van der Waals surface area contributed by atoms with Crippen LogP contribution in [0.25, 0.3) is 0 Å². The zero-order chi connectivity index (χ0) is 12.2. The standard InChI is InChI=1S/C14H21ClO2/c1-14(15,13(16)17)7-12-10-3-8-2-9(5-10)6-11(12)4-8/h8-12H,2-7H2,1H3,(H,16,17). The minimum atomic E-state index is -1.06. The fraction of sp³-hybridized carbons (Fsp3) is 0.929. The Kier molecular flexibility index (Phi) is 2.70. The van der Waals surface area contributed by atoms with Gasteiger partial charge in [-0.1, -0.05) is 0 Å². The molecule has 4 bridgehead atoms. The summed E-state index contributed by atoms with van der Waals surface area (Å²) in [6.07, 6.45) is 7.46. The molecule has 4 aliphatic rings. The van der Waals surface area contributed by atoms with Gasteiger partial charge in [-0.05, 0) is 75.0 Å². The Bertz CT molecular complexity index is 309. The highest BCUT2D eigenvalue weighted by Crippen LogP contribution is 2.58. The van der Waals surface area contributed by atoms with Crippen molar-refractivity contribution in [3.63, 3.8) is 0 Å². The summed E-state index contributed by atoms with van der Waals surface area (Å²) in [5.74, 6) is 3.14. The molecule has 0 saturated heterocycles. The first-order valence-electron chi connectivity index (χ1n) is 6.88. The van der Waals surface area contributed by atoms with Gasteiger partial charge < -0.3 is 5.11 Å². The molecule has 4 rings (SSSR count). The van der Waals surface area contributed by atoms with Crippen LogP contribution < -0.4 is 0 Å². The summed E-state index contributed by atoms with van der Waals surface area (Å²) >= 11 is 6.16. The smallest absolute Gasteiger partial charge is 0.324 e. The molecular formula is C14H21ClO2. The van der Waals surface area contributed by atoms with Crippen molar-refractivity contribution in [1.82, 2.24) is 0 Å². The Labute approximate surface area is 108 Å². The Balaban J connectivity index is 1.74. The zero-order valence-corrected chi connectivity index (χ0v) is 11.1. The molecule has 4 fully saturated rings. The van der Waals surface area contributed by atoms with Gasteiger partial charge in [-0.25, -0.2) is 0 Å². The second-order valence-electron chi connectivity index (χ2n) is 6.80. The lowest BCUT2D eigenvalue weighted by Crippen LogP contribution is -2.47. The van der Waals surface area contributed by atoms with Crippen molar-refractivity contribution in [2.75, 3.05) is 0 Å². The van der Waals surface area contributed by atoms with E-state index >= 15 is 0 Å². The van der Waals surface area contributed by atoms with Crippen LogP contribution in [0.1, 0.15) is 45.4 Å². The molecular weight excluding hydrogens is 236 g/mol. The maximum absolute atomic E-state index is 11.2. The van der Waals surface area contributed by atoms with E-state index < -0.39 is 10.8 Å². The third-order valence-electron chi connectivity index (χ3n) is 5.49. The number of aliphatic carboxylic acids is 1. The molecule has 0 amide bonds. The third kappa shape index (κ3) is 1.99. The summed E-state index contributed by atoms with van der Waals surface area (Å²) in [5.41, 5.74) is 0. The zero-order valence-electron chi connectivity index (χ0n) is 10.4. The van der Waals surface area contributed by atoms with Crippen LogP contribution in [0.4, 0.5) is 0 Å². The Morgan fingerprint density at radius 2 is 1.65 bits per heavy atom. The molecule has 96 valence electrons. The summed E-state index contributed by atoms with van der Waals surface area (Å²) in [5, 5.41) is 9.16. The van der Waals surface area contributed by atoms with Gasteiger partial charge in [0.05, 0.1) is 0 Å². The average molecular weight is 257 g/mol. The number of carbonyl (C=O) groups is 1. The largest absolute Gasteiger partial charge is 0.480 e. The van der Waals surface area contributed by atoms with Crippen LogP contribution in [0.5, 0.6) is 0 Å². The van der Waals surface area contributed by atoms with Crippen molar-refractivity contribution in [1.29, 1.82) is 0 Å². The molecule has 4 saturated carbocycles. The van der Waals surface area contributed by atoms with Crippen LogP contribution in [0.3, 0.4) is 0 Å². The van der Waals surface area contributed by atoms with E-state index in [1.807, 2.05) is 0 Å². The molecule has 0 radical (unpaired) electrons. The summed E-state index contributed by atoms with van der Waals surface area (Å²) in [6, 6.07) is 0. The van der Waals surface area contributed by atoms with Gasteiger partial charge in [0.15, 0.2) is 0 Å². The molecule has 4 aliphatic carbocycles. The normalized spacial score (nSPS) is 46.8. The first-order valence-corrected chi connectivity index (χ1v) is 7.26. The Hall–Kier alpha value is -0.240. The van der Waals surface area contributed by atoms with E-state index in [4.69, 9.17) is 16.7 Å². The van der Waals surface area contributed by atoms with Gasteiger partial charge in [0.25, 0.3) is 0 Å². The SMILES string of the molecule is CC(Cl)(CC1C2CC3CC(C2)CC1C3)C(=O)O. The fourth-order valence-corrected chi connectivity index (χ4v) is 5.08. The first-order chi connectivity index (χ1) is 7.95. The number of carboxylic acids is 1. The number of halogens is 1. The molecule has 0 aromatic rings. The molecule has 1 atom stereocenters. The summed E-state index contributed by atoms with van der Waals surface area (Å²) in [6.45, 7) is 1.67. The van der Waals surface area contributed by atoms with E-state index in [2.05, 4.69) is 0 Å². The number of alkyl halides is 1. The molecule has 0 heterocycles. The van der Waals surface area contributed by atoms with E-state index in [1.54, 1.807) is 6.92 Å². The molecule has 17 heavy (non-hydrogen) atoms. The van der Waals surface area contributed by atoms with Crippen molar-refractivity contribution in [3.8, 4) is 0 Å². The molecule has 2 nitrogen and oxygen atoms in total.